The lowest BCUT2D eigenvalue weighted by molar-refractivity contribution is -0.113. The Kier molecular flexibility index (Phi) is 5.15. The Labute approximate surface area is 171 Å². The maximum absolute atomic E-state index is 12.9. The van der Waals surface area contributed by atoms with Gasteiger partial charge in [-0.3, -0.25) is 14.2 Å². The molecule has 0 radical (unpaired) electrons. The predicted octanol–water partition coefficient (Wildman–Crippen LogP) is 4.51. The number of amides is 1. The van der Waals surface area contributed by atoms with E-state index in [0.717, 1.165) is 22.2 Å². The zero-order valence-corrected chi connectivity index (χ0v) is 17.3. The van der Waals surface area contributed by atoms with Crippen molar-refractivity contribution < 1.29 is 9.21 Å². The third-order valence-electron chi connectivity index (χ3n) is 4.76. The number of benzene rings is 2. The Morgan fingerprint density at radius 3 is 2.79 bits per heavy atom. The van der Waals surface area contributed by atoms with Crippen LogP contribution < -0.4 is 10.9 Å². The molecule has 1 amide bonds. The van der Waals surface area contributed by atoms with E-state index < -0.39 is 0 Å². The molecule has 2 heterocycles. The van der Waals surface area contributed by atoms with Gasteiger partial charge >= 0.3 is 0 Å². The van der Waals surface area contributed by atoms with Crippen molar-refractivity contribution in [1.29, 1.82) is 0 Å². The number of hydrogen-bond acceptors (Lipinski definition) is 5. The van der Waals surface area contributed by atoms with Crippen LogP contribution in [0.15, 0.2) is 56.8 Å². The molecule has 4 aromatic rings. The van der Waals surface area contributed by atoms with Gasteiger partial charge in [0.15, 0.2) is 5.16 Å². The summed E-state index contributed by atoms with van der Waals surface area (Å²) in [6, 6.07) is 13.4. The molecule has 6 nitrogen and oxygen atoms in total. The summed E-state index contributed by atoms with van der Waals surface area (Å²) in [5, 5.41) is 4.24. The van der Waals surface area contributed by atoms with Crippen molar-refractivity contribution in [2.45, 2.75) is 32.5 Å². The summed E-state index contributed by atoms with van der Waals surface area (Å²) in [5.41, 5.74) is 4.06. The minimum atomic E-state index is -0.230. The Bertz CT molecular complexity index is 1290. The van der Waals surface area contributed by atoms with Gasteiger partial charge in [0.1, 0.15) is 11.1 Å². The molecule has 0 saturated heterocycles. The van der Waals surface area contributed by atoms with Gasteiger partial charge in [0.25, 0.3) is 5.56 Å². The number of anilines is 1. The molecule has 4 rings (SSSR count). The first-order chi connectivity index (χ1) is 14.0. The minimum Gasteiger partial charge on any atom is -0.448 e. The van der Waals surface area contributed by atoms with Crippen LogP contribution in [0.1, 0.15) is 18.1 Å². The van der Waals surface area contributed by atoms with Crippen LogP contribution in [-0.4, -0.2) is 21.2 Å². The monoisotopic (exact) mass is 407 g/mol. The Morgan fingerprint density at radius 2 is 2.00 bits per heavy atom. The van der Waals surface area contributed by atoms with Gasteiger partial charge in [0, 0.05) is 17.6 Å². The van der Waals surface area contributed by atoms with Crippen LogP contribution >= 0.6 is 11.8 Å². The molecule has 148 valence electrons. The summed E-state index contributed by atoms with van der Waals surface area (Å²) < 4.78 is 7.27. The molecular weight excluding hydrogens is 386 g/mol. The van der Waals surface area contributed by atoms with Gasteiger partial charge in [-0.25, -0.2) is 4.98 Å². The first kappa shape index (κ1) is 19.3. The first-order valence-electron chi connectivity index (χ1n) is 9.40. The van der Waals surface area contributed by atoms with Crippen LogP contribution in [0.3, 0.4) is 0 Å². The highest BCUT2D eigenvalue weighted by atomic mass is 32.2. The number of para-hydroxylation sites is 1. The summed E-state index contributed by atoms with van der Waals surface area (Å²) in [4.78, 5) is 30.0. The fourth-order valence-corrected chi connectivity index (χ4v) is 4.09. The van der Waals surface area contributed by atoms with Gasteiger partial charge in [-0.05, 0) is 50.1 Å². The molecule has 0 aliphatic rings. The molecule has 7 heteroatoms. The van der Waals surface area contributed by atoms with Crippen LogP contribution in [0.2, 0.25) is 0 Å². The second kappa shape index (κ2) is 7.75. The smallest absolute Gasteiger partial charge is 0.297 e. The van der Waals surface area contributed by atoms with Crippen LogP contribution in [0, 0.1) is 13.8 Å². The van der Waals surface area contributed by atoms with Gasteiger partial charge in [-0.1, -0.05) is 36.0 Å². The summed E-state index contributed by atoms with van der Waals surface area (Å²) in [7, 11) is 0. The molecule has 0 unspecified atom stereocenters. The van der Waals surface area contributed by atoms with E-state index in [1.54, 1.807) is 4.57 Å². The van der Waals surface area contributed by atoms with Crippen LogP contribution in [-0.2, 0) is 11.3 Å². The van der Waals surface area contributed by atoms with Gasteiger partial charge in [0.05, 0.1) is 5.75 Å². The quantitative estimate of drug-likeness (QED) is 0.389. The van der Waals surface area contributed by atoms with E-state index in [4.69, 9.17) is 4.42 Å². The van der Waals surface area contributed by atoms with Gasteiger partial charge in [-0.2, -0.15) is 0 Å². The van der Waals surface area contributed by atoms with Gasteiger partial charge < -0.3 is 9.73 Å². The van der Waals surface area contributed by atoms with E-state index in [1.165, 1.54) is 11.8 Å². The van der Waals surface area contributed by atoms with Gasteiger partial charge in [0.2, 0.25) is 11.5 Å². The maximum atomic E-state index is 12.9. The highest BCUT2D eigenvalue weighted by Crippen LogP contribution is 2.27. The van der Waals surface area contributed by atoms with Crippen molar-refractivity contribution in [2.24, 2.45) is 0 Å². The summed E-state index contributed by atoms with van der Waals surface area (Å²) in [6.07, 6.45) is 0. The second-order valence-corrected chi connectivity index (χ2v) is 7.82. The molecule has 0 fully saturated rings. The molecule has 0 spiro atoms. The number of rotatable bonds is 5. The van der Waals surface area contributed by atoms with Gasteiger partial charge in [-0.15, -0.1) is 0 Å². The molecule has 0 aliphatic heterocycles. The Morgan fingerprint density at radius 1 is 1.21 bits per heavy atom. The largest absolute Gasteiger partial charge is 0.448 e. The SMILES string of the molecule is CCn1c(SCC(=O)Nc2cc(C)ccc2C)nc2c(oc3ccccc32)c1=O. The normalized spacial score (nSPS) is 11.3. The molecule has 0 saturated carbocycles. The molecular formula is C22H21N3O3S. The van der Waals surface area contributed by atoms with E-state index >= 15 is 0 Å². The van der Waals surface area contributed by atoms with Crippen molar-refractivity contribution in [1.82, 2.24) is 9.55 Å². The highest BCUT2D eigenvalue weighted by molar-refractivity contribution is 7.99. The average Bonchev–Trinajstić information content (AvgIpc) is 3.08. The maximum Gasteiger partial charge on any atom is 0.297 e. The summed E-state index contributed by atoms with van der Waals surface area (Å²) in [5.74, 6) is 0.0129. The number of carbonyl (C=O) groups is 1. The third kappa shape index (κ3) is 3.65. The summed E-state index contributed by atoms with van der Waals surface area (Å²) >= 11 is 1.25. The number of aryl methyl sites for hydroxylation is 2. The van der Waals surface area contributed by atoms with Crippen molar-refractivity contribution in [3.63, 3.8) is 0 Å². The van der Waals surface area contributed by atoms with Crippen molar-refractivity contribution in [3.8, 4) is 0 Å². The predicted molar refractivity (Wildman–Crippen MR) is 117 cm³/mol. The standard InChI is InChI=1S/C22H21N3O3S/c1-4-25-21(27)20-19(15-7-5-6-8-17(15)28-20)24-22(25)29-12-18(26)23-16-11-13(2)9-10-14(16)3/h5-11H,4,12H2,1-3H3,(H,23,26). The van der Waals surface area contributed by atoms with Crippen molar-refractivity contribution in [3.05, 3.63) is 63.9 Å². The third-order valence-corrected chi connectivity index (χ3v) is 5.74. The first-order valence-corrected chi connectivity index (χ1v) is 10.4. The summed E-state index contributed by atoms with van der Waals surface area (Å²) in [6.45, 7) is 6.26. The fourth-order valence-electron chi connectivity index (χ4n) is 3.23. The van der Waals surface area contributed by atoms with Crippen molar-refractivity contribution in [2.75, 3.05) is 11.1 Å². The van der Waals surface area contributed by atoms with Crippen molar-refractivity contribution >= 4 is 45.4 Å². The topological polar surface area (TPSA) is 77.1 Å². The molecule has 1 N–H and O–H groups in total. The average molecular weight is 407 g/mol. The zero-order valence-electron chi connectivity index (χ0n) is 16.5. The van der Waals surface area contributed by atoms with Crippen LogP contribution in [0.5, 0.6) is 0 Å². The number of nitrogens with zero attached hydrogens (tertiary/aromatic N) is 2. The molecule has 29 heavy (non-hydrogen) atoms. The number of aromatic nitrogens is 2. The fraction of sp³-hybridized carbons (Fsp3) is 0.227. The molecule has 0 bridgehead atoms. The van der Waals surface area contributed by atoms with E-state index in [0.29, 0.717) is 22.8 Å². The lowest BCUT2D eigenvalue weighted by Gasteiger charge is -2.11. The number of carbonyl (C=O) groups excluding carboxylic acids is 1. The van der Waals surface area contributed by atoms with Crippen LogP contribution in [0.4, 0.5) is 5.69 Å². The van der Waals surface area contributed by atoms with E-state index in [2.05, 4.69) is 10.3 Å². The lowest BCUT2D eigenvalue weighted by Crippen LogP contribution is -2.23. The molecule has 0 atom stereocenters. The number of thioether (sulfide) groups is 1. The highest BCUT2D eigenvalue weighted by Gasteiger charge is 2.18. The number of fused-ring (bicyclic) bond motifs is 3. The zero-order chi connectivity index (χ0) is 20.5. The molecule has 2 aromatic heterocycles. The molecule has 2 aromatic carbocycles. The number of furan rings is 1. The Hall–Kier alpha value is -3.06. The number of nitrogens with one attached hydrogen (secondary N) is 1. The minimum absolute atomic E-state index is 0.141. The van der Waals surface area contributed by atoms with Crippen LogP contribution in [0.25, 0.3) is 22.1 Å². The Balaban J connectivity index is 1.63. The lowest BCUT2D eigenvalue weighted by atomic mass is 10.1. The molecule has 0 aliphatic carbocycles. The van der Waals surface area contributed by atoms with E-state index in [1.807, 2.05) is 63.2 Å². The van der Waals surface area contributed by atoms with E-state index in [-0.39, 0.29) is 22.8 Å². The second-order valence-electron chi connectivity index (χ2n) is 6.87. The van der Waals surface area contributed by atoms with E-state index in [9.17, 15) is 9.59 Å². The number of hydrogen-bond donors (Lipinski definition) is 1.